The van der Waals surface area contributed by atoms with Crippen molar-refractivity contribution in [3.05, 3.63) is 24.5 Å². The molecule has 0 spiro atoms. The minimum Gasteiger partial charge on any atom is -0.472 e. The first kappa shape index (κ1) is 13.0. The van der Waals surface area contributed by atoms with Crippen LogP contribution in [0.2, 0.25) is 0 Å². The Labute approximate surface area is 123 Å². The highest BCUT2D eigenvalue weighted by atomic mass is 16.5. The number of likely N-dealkylation sites (tertiary alicyclic amines) is 1. The molecule has 6 nitrogen and oxygen atoms in total. The summed E-state index contributed by atoms with van der Waals surface area (Å²) in [5.41, 5.74) is 0.872. The minimum atomic E-state index is 0.279. The molecule has 2 aromatic rings. The largest absolute Gasteiger partial charge is 0.472 e. The van der Waals surface area contributed by atoms with Gasteiger partial charge in [-0.25, -0.2) is 0 Å². The van der Waals surface area contributed by atoms with E-state index in [1.807, 2.05) is 6.07 Å². The number of rotatable bonds is 3. The zero-order valence-electron chi connectivity index (χ0n) is 12.0. The van der Waals surface area contributed by atoms with Crippen molar-refractivity contribution in [1.29, 1.82) is 0 Å². The van der Waals surface area contributed by atoms with E-state index in [4.69, 9.17) is 8.94 Å². The SMILES string of the molecule is c1cc(-c2noc(C3CCCN3C3CCNCC3)n2)co1. The number of aromatic nitrogens is 2. The maximum absolute atomic E-state index is 5.53. The molecular weight excluding hydrogens is 268 g/mol. The van der Waals surface area contributed by atoms with E-state index in [2.05, 4.69) is 20.4 Å². The molecule has 1 N–H and O–H groups in total. The van der Waals surface area contributed by atoms with Gasteiger partial charge in [0.15, 0.2) is 0 Å². The van der Waals surface area contributed by atoms with E-state index in [-0.39, 0.29) is 6.04 Å². The first-order chi connectivity index (χ1) is 10.4. The zero-order chi connectivity index (χ0) is 14.1. The van der Waals surface area contributed by atoms with Gasteiger partial charge in [-0.1, -0.05) is 5.16 Å². The molecule has 0 radical (unpaired) electrons. The highest BCUT2D eigenvalue weighted by Gasteiger charge is 2.35. The van der Waals surface area contributed by atoms with Gasteiger partial charge in [0.2, 0.25) is 11.7 Å². The molecule has 0 aliphatic carbocycles. The number of hydrogen-bond donors (Lipinski definition) is 1. The Morgan fingerprint density at radius 2 is 2.14 bits per heavy atom. The van der Waals surface area contributed by atoms with Crippen molar-refractivity contribution in [2.75, 3.05) is 19.6 Å². The Bertz CT molecular complexity index is 574. The topological polar surface area (TPSA) is 67.3 Å². The van der Waals surface area contributed by atoms with E-state index in [0.29, 0.717) is 11.9 Å². The Balaban J connectivity index is 1.54. The van der Waals surface area contributed by atoms with E-state index in [1.54, 1.807) is 12.5 Å². The molecule has 2 aliphatic heterocycles. The summed E-state index contributed by atoms with van der Waals surface area (Å²) in [5, 5.41) is 7.52. The summed E-state index contributed by atoms with van der Waals surface area (Å²) >= 11 is 0. The van der Waals surface area contributed by atoms with Crippen molar-refractivity contribution in [2.45, 2.75) is 37.8 Å². The Hall–Kier alpha value is -1.66. The summed E-state index contributed by atoms with van der Waals surface area (Å²) in [6, 6.07) is 2.78. The van der Waals surface area contributed by atoms with Gasteiger partial charge >= 0.3 is 0 Å². The molecule has 112 valence electrons. The average molecular weight is 288 g/mol. The van der Waals surface area contributed by atoms with Gasteiger partial charge in [0, 0.05) is 6.04 Å². The molecule has 1 unspecified atom stereocenters. The smallest absolute Gasteiger partial charge is 0.244 e. The molecule has 4 rings (SSSR count). The standard InChI is InChI=1S/C15H20N4O2/c1-2-13(19(8-1)12-3-6-16-7-4-12)15-17-14(18-21-15)11-5-9-20-10-11/h5,9-10,12-13,16H,1-4,6-8H2. The average Bonchev–Trinajstić information content (AvgIpc) is 3.27. The lowest BCUT2D eigenvalue weighted by atomic mass is 10.0. The molecule has 0 bridgehead atoms. The summed E-state index contributed by atoms with van der Waals surface area (Å²) in [6.07, 6.45) is 8.00. The lowest BCUT2D eigenvalue weighted by Gasteiger charge is -2.34. The summed E-state index contributed by atoms with van der Waals surface area (Å²) in [6.45, 7) is 3.36. The molecule has 0 aromatic carbocycles. The van der Waals surface area contributed by atoms with E-state index in [9.17, 15) is 0 Å². The summed E-state index contributed by atoms with van der Waals surface area (Å²) in [5.74, 6) is 1.37. The van der Waals surface area contributed by atoms with Crippen LogP contribution in [0.3, 0.4) is 0 Å². The molecule has 6 heteroatoms. The fourth-order valence-electron chi connectivity index (χ4n) is 3.51. The van der Waals surface area contributed by atoms with Gasteiger partial charge in [-0.2, -0.15) is 4.98 Å². The number of nitrogens with one attached hydrogen (secondary N) is 1. The predicted octanol–water partition coefficient (Wildman–Crippen LogP) is 2.22. The number of furan rings is 1. The van der Waals surface area contributed by atoms with Crippen LogP contribution in [0.15, 0.2) is 27.5 Å². The lowest BCUT2D eigenvalue weighted by molar-refractivity contribution is 0.126. The van der Waals surface area contributed by atoms with Gasteiger partial charge in [0.25, 0.3) is 0 Å². The van der Waals surface area contributed by atoms with Crippen LogP contribution in [-0.2, 0) is 0 Å². The third kappa shape index (κ3) is 2.49. The van der Waals surface area contributed by atoms with Crippen LogP contribution in [0.25, 0.3) is 11.4 Å². The molecule has 4 heterocycles. The highest BCUT2D eigenvalue weighted by molar-refractivity contribution is 5.51. The van der Waals surface area contributed by atoms with Crippen molar-refractivity contribution in [3.8, 4) is 11.4 Å². The summed E-state index contributed by atoms with van der Waals surface area (Å²) in [7, 11) is 0. The normalized spacial score (nSPS) is 24.7. The summed E-state index contributed by atoms with van der Waals surface area (Å²) < 4.78 is 10.6. The van der Waals surface area contributed by atoms with E-state index < -0.39 is 0 Å². The molecule has 2 aromatic heterocycles. The van der Waals surface area contributed by atoms with E-state index in [0.717, 1.165) is 37.5 Å². The number of piperidine rings is 1. The molecule has 1 atom stereocenters. The van der Waals surface area contributed by atoms with Gasteiger partial charge in [0.1, 0.15) is 6.26 Å². The van der Waals surface area contributed by atoms with Crippen LogP contribution in [0.5, 0.6) is 0 Å². The van der Waals surface area contributed by atoms with Crippen molar-refractivity contribution in [3.63, 3.8) is 0 Å². The maximum atomic E-state index is 5.53. The maximum Gasteiger partial charge on any atom is 0.244 e. The highest BCUT2D eigenvalue weighted by Crippen LogP contribution is 2.35. The van der Waals surface area contributed by atoms with Gasteiger partial charge in [-0.3, -0.25) is 4.90 Å². The zero-order valence-corrected chi connectivity index (χ0v) is 12.0. The van der Waals surface area contributed by atoms with E-state index in [1.165, 1.54) is 19.3 Å². The first-order valence-corrected chi connectivity index (χ1v) is 7.74. The molecule has 2 aliphatic rings. The van der Waals surface area contributed by atoms with Crippen LogP contribution in [0.4, 0.5) is 0 Å². The third-order valence-electron chi connectivity index (χ3n) is 4.58. The van der Waals surface area contributed by atoms with Gasteiger partial charge in [-0.15, -0.1) is 0 Å². The van der Waals surface area contributed by atoms with Crippen molar-refractivity contribution in [2.24, 2.45) is 0 Å². The monoisotopic (exact) mass is 288 g/mol. The molecule has 0 amide bonds. The predicted molar refractivity (Wildman–Crippen MR) is 76.6 cm³/mol. The Kier molecular flexibility index (Phi) is 3.48. The second kappa shape index (κ2) is 5.61. The van der Waals surface area contributed by atoms with Gasteiger partial charge in [-0.05, 0) is 51.4 Å². The number of hydrogen-bond acceptors (Lipinski definition) is 6. The van der Waals surface area contributed by atoms with Crippen molar-refractivity contribution < 1.29 is 8.94 Å². The van der Waals surface area contributed by atoms with Crippen LogP contribution >= 0.6 is 0 Å². The fourth-order valence-corrected chi connectivity index (χ4v) is 3.51. The van der Waals surface area contributed by atoms with Crippen LogP contribution in [0, 0.1) is 0 Å². The Morgan fingerprint density at radius 1 is 1.24 bits per heavy atom. The molecule has 2 saturated heterocycles. The van der Waals surface area contributed by atoms with Crippen LogP contribution in [0.1, 0.15) is 37.6 Å². The second-order valence-corrected chi connectivity index (χ2v) is 5.85. The first-order valence-electron chi connectivity index (χ1n) is 7.74. The third-order valence-corrected chi connectivity index (χ3v) is 4.58. The lowest BCUT2D eigenvalue weighted by Crippen LogP contribution is -2.42. The molecule has 0 saturated carbocycles. The van der Waals surface area contributed by atoms with E-state index >= 15 is 0 Å². The summed E-state index contributed by atoms with van der Waals surface area (Å²) in [4.78, 5) is 7.15. The number of nitrogens with zero attached hydrogens (tertiary/aromatic N) is 3. The van der Waals surface area contributed by atoms with Crippen molar-refractivity contribution in [1.82, 2.24) is 20.4 Å². The second-order valence-electron chi connectivity index (χ2n) is 5.85. The fraction of sp³-hybridized carbons (Fsp3) is 0.600. The van der Waals surface area contributed by atoms with Crippen molar-refractivity contribution >= 4 is 0 Å². The van der Waals surface area contributed by atoms with Gasteiger partial charge in [0.05, 0.1) is 17.9 Å². The molecule has 21 heavy (non-hydrogen) atoms. The van der Waals surface area contributed by atoms with Gasteiger partial charge < -0.3 is 14.3 Å². The van der Waals surface area contributed by atoms with Crippen LogP contribution < -0.4 is 5.32 Å². The van der Waals surface area contributed by atoms with Crippen LogP contribution in [-0.4, -0.2) is 40.7 Å². The molecule has 2 fully saturated rings. The molecular formula is C15H20N4O2. The minimum absolute atomic E-state index is 0.279. The Morgan fingerprint density at radius 3 is 2.95 bits per heavy atom. The quantitative estimate of drug-likeness (QED) is 0.934.